The number of rotatable bonds is 8. The Balaban J connectivity index is 2.21. The van der Waals surface area contributed by atoms with Crippen LogP contribution in [0.5, 0.6) is 0 Å². The Morgan fingerprint density at radius 2 is 1.73 bits per heavy atom. The van der Waals surface area contributed by atoms with Crippen molar-refractivity contribution < 1.29 is 9.59 Å². The van der Waals surface area contributed by atoms with Crippen molar-refractivity contribution in [1.29, 1.82) is 0 Å². The summed E-state index contributed by atoms with van der Waals surface area (Å²) in [5.41, 5.74) is 1.74. The van der Waals surface area contributed by atoms with E-state index in [4.69, 9.17) is 11.6 Å². The molecule has 2 rings (SSSR count). The van der Waals surface area contributed by atoms with Crippen molar-refractivity contribution in [3.8, 4) is 0 Å². The lowest BCUT2D eigenvalue weighted by Gasteiger charge is -2.29. The Hall–Kier alpha value is -2.33. The van der Waals surface area contributed by atoms with E-state index in [0.29, 0.717) is 18.1 Å². The molecule has 0 aromatic heterocycles. The lowest BCUT2D eigenvalue weighted by atomic mass is 10.1. The van der Waals surface area contributed by atoms with Gasteiger partial charge in [-0.1, -0.05) is 67.1 Å². The van der Waals surface area contributed by atoms with E-state index in [1.165, 1.54) is 0 Å². The van der Waals surface area contributed by atoms with Crippen LogP contribution in [0.25, 0.3) is 0 Å². The zero-order valence-corrected chi connectivity index (χ0v) is 16.0. The van der Waals surface area contributed by atoms with Crippen LogP contribution in [0, 0.1) is 0 Å². The molecule has 0 unspecified atom stereocenters. The molecular formula is C21H25ClN2O2. The number of hydrogen-bond donors (Lipinski definition) is 1. The predicted octanol–water partition coefficient (Wildman–Crippen LogP) is 3.83. The fraction of sp³-hybridized carbons (Fsp3) is 0.333. The normalized spacial score (nSPS) is 11.7. The molecular weight excluding hydrogens is 348 g/mol. The highest BCUT2D eigenvalue weighted by Crippen LogP contribution is 2.19. The Morgan fingerprint density at radius 1 is 1.08 bits per heavy atom. The minimum Gasteiger partial charge on any atom is -0.354 e. The van der Waals surface area contributed by atoms with Crippen molar-refractivity contribution in [2.24, 2.45) is 0 Å². The lowest BCUT2D eigenvalue weighted by Crippen LogP contribution is -2.48. The number of nitrogens with zero attached hydrogens (tertiary/aromatic N) is 1. The quantitative estimate of drug-likeness (QED) is 0.765. The SMILES string of the molecule is CCCNC(=O)[C@H](C)N(Cc1ccccc1Cl)C(=O)Cc1ccccc1. The summed E-state index contributed by atoms with van der Waals surface area (Å²) in [5.74, 6) is -0.254. The van der Waals surface area contributed by atoms with E-state index in [1.54, 1.807) is 17.9 Å². The van der Waals surface area contributed by atoms with Gasteiger partial charge in [0.15, 0.2) is 0 Å². The highest BCUT2D eigenvalue weighted by molar-refractivity contribution is 6.31. The molecule has 138 valence electrons. The van der Waals surface area contributed by atoms with Gasteiger partial charge in [0.2, 0.25) is 11.8 Å². The van der Waals surface area contributed by atoms with Gasteiger partial charge in [-0.3, -0.25) is 9.59 Å². The van der Waals surface area contributed by atoms with Crippen LogP contribution in [0.4, 0.5) is 0 Å². The van der Waals surface area contributed by atoms with E-state index in [1.807, 2.05) is 55.5 Å². The topological polar surface area (TPSA) is 49.4 Å². The van der Waals surface area contributed by atoms with Gasteiger partial charge in [0.05, 0.1) is 6.42 Å². The number of amides is 2. The number of carbonyl (C=O) groups is 2. The van der Waals surface area contributed by atoms with Crippen LogP contribution in [-0.2, 0) is 22.6 Å². The standard InChI is InChI=1S/C21H25ClN2O2/c1-3-13-23-21(26)16(2)24(15-18-11-7-8-12-19(18)22)20(25)14-17-9-5-4-6-10-17/h4-12,16H,3,13-15H2,1-2H3,(H,23,26)/t16-/m0/s1. The first-order valence-corrected chi connectivity index (χ1v) is 9.25. The third-order valence-corrected chi connectivity index (χ3v) is 4.58. The second-order valence-electron chi connectivity index (χ2n) is 6.24. The first kappa shape index (κ1) is 20.0. The highest BCUT2D eigenvalue weighted by Gasteiger charge is 2.26. The molecule has 0 aliphatic heterocycles. The lowest BCUT2D eigenvalue weighted by molar-refractivity contribution is -0.140. The predicted molar refractivity (Wildman–Crippen MR) is 105 cm³/mol. The van der Waals surface area contributed by atoms with Crippen LogP contribution in [0.1, 0.15) is 31.4 Å². The average Bonchev–Trinajstić information content (AvgIpc) is 2.65. The molecule has 2 aromatic carbocycles. The Labute approximate surface area is 160 Å². The third kappa shape index (κ3) is 5.60. The van der Waals surface area contributed by atoms with E-state index in [9.17, 15) is 9.59 Å². The van der Waals surface area contributed by atoms with Gasteiger partial charge in [0.1, 0.15) is 6.04 Å². The fourth-order valence-electron chi connectivity index (χ4n) is 2.66. The molecule has 1 atom stereocenters. The van der Waals surface area contributed by atoms with Crippen LogP contribution in [0.15, 0.2) is 54.6 Å². The van der Waals surface area contributed by atoms with Crippen molar-refractivity contribution in [3.63, 3.8) is 0 Å². The Bertz CT molecular complexity index is 734. The smallest absolute Gasteiger partial charge is 0.242 e. The Kier molecular flexibility index (Phi) is 7.67. The van der Waals surface area contributed by atoms with Crippen molar-refractivity contribution in [1.82, 2.24) is 10.2 Å². The number of halogens is 1. The van der Waals surface area contributed by atoms with Gasteiger partial charge >= 0.3 is 0 Å². The molecule has 0 fully saturated rings. The van der Waals surface area contributed by atoms with Gasteiger partial charge in [-0.05, 0) is 30.5 Å². The maximum Gasteiger partial charge on any atom is 0.242 e. The molecule has 4 nitrogen and oxygen atoms in total. The van der Waals surface area contributed by atoms with E-state index in [0.717, 1.165) is 17.5 Å². The summed E-state index contributed by atoms with van der Waals surface area (Å²) in [6.45, 7) is 4.64. The summed E-state index contributed by atoms with van der Waals surface area (Å²) in [4.78, 5) is 27.0. The summed E-state index contributed by atoms with van der Waals surface area (Å²) in [7, 11) is 0. The molecule has 0 heterocycles. The zero-order valence-electron chi connectivity index (χ0n) is 15.2. The molecule has 0 aliphatic carbocycles. The molecule has 1 N–H and O–H groups in total. The van der Waals surface area contributed by atoms with Crippen LogP contribution in [0.2, 0.25) is 5.02 Å². The van der Waals surface area contributed by atoms with E-state index in [2.05, 4.69) is 5.32 Å². The summed E-state index contributed by atoms with van der Waals surface area (Å²) >= 11 is 6.26. The second kappa shape index (κ2) is 9.97. The van der Waals surface area contributed by atoms with Crippen LogP contribution < -0.4 is 5.32 Å². The molecule has 0 bridgehead atoms. The summed E-state index contributed by atoms with van der Waals surface area (Å²) in [6.07, 6.45) is 1.09. The average molecular weight is 373 g/mol. The minimum atomic E-state index is -0.575. The first-order chi connectivity index (χ1) is 12.5. The second-order valence-corrected chi connectivity index (χ2v) is 6.65. The maximum atomic E-state index is 13.0. The van der Waals surface area contributed by atoms with Crippen LogP contribution in [-0.4, -0.2) is 29.3 Å². The number of carbonyl (C=O) groups excluding carboxylic acids is 2. The molecule has 0 saturated heterocycles. The van der Waals surface area contributed by atoms with Crippen molar-refractivity contribution in [3.05, 3.63) is 70.7 Å². The van der Waals surface area contributed by atoms with Gasteiger partial charge in [-0.2, -0.15) is 0 Å². The first-order valence-electron chi connectivity index (χ1n) is 8.87. The van der Waals surface area contributed by atoms with E-state index in [-0.39, 0.29) is 18.2 Å². The molecule has 5 heteroatoms. The number of benzene rings is 2. The van der Waals surface area contributed by atoms with Gasteiger partial charge in [-0.25, -0.2) is 0 Å². The molecule has 2 aromatic rings. The van der Waals surface area contributed by atoms with Crippen molar-refractivity contribution in [2.45, 2.75) is 39.3 Å². The monoisotopic (exact) mass is 372 g/mol. The number of hydrogen-bond acceptors (Lipinski definition) is 2. The molecule has 0 spiro atoms. The number of nitrogens with one attached hydrogen (secondary N) is 1. The van der Waals surface area contributed by atoms with Crippen molar-refractivity contribution >= 4 is 23.4 Å². The summed E-state index contributed by atoms with van der Waals surface area (Å²) < 4.78 is 0. The molecule has 26 heavy (non-hydrogen) atoms. The van der Waals surface area contributed by atoms with Gasteiger partial charge in [-0.15, -0.1) is 0 Å². The fourth-order valence-corrected chi connectivity index (χ4v) is 2.86. The van der Waals surface area contributed by atoms with Gasteiger partial charge in [0, 0.05) is 18.1 Å². The van der Waals surface area contributed by atoms with E-state index < -0.39 is 6.04 Å². The third-order valence-electron chi connectivity index (χ3n) is 4.21. The molecule has 0 saturated carbocycles. The van der Waals surface area contributed by atoms with Crippen molar-refractivity contribution in [2.75, 3.05) is 6.54 Å². The largest absolute Gasteiger partial charge is 0.354 e. The summed E-state index contributed by atoms with van der Waals surface area (Å²) in [6, 6.07) is 16.4. The highest BCUT2D eigenvalue weighted by atomic mass is 35.5. The van der Waals surface area contributed by atoms with Crippen LogP contribution >= 0.6 is 11.6 Å². The summed E-state index contributed by atoms with van der Waals surface area (Å²) in [5, 5.41) is 3.45. The molecule has 0 aliphatic rings. The van der Waals surface area contributed by atoms with Gasteiger partial charge < -0.3 is 10.2 Å². The van der Waals surface area contributed by atoms with Gasteiger partial charge in [0.25, 0.3) is 0 Å². The Morgan fingerprint density at radius 3 is 2.38 bits per heavy atom. The zero-order chi connectivity index (χ0) is 18.9. The molecule has 0 radical (unpaired) electrons. The maximum absolute atomic E-state index is 13.0. The minimum absolute atomic E-state index is 0.102. The molecule has 2 amide bonds. The van der Waals surface area contributed by atoms with Crippen LogP contribution in [0.3, 0.4) is 0 Å². The van der Waals surface area contributed by atoms with E-state index >= 15 is 0 Å².